The predicted octanol–water partition coefficient (Wildman–Crippen LogP) is -0.440. The summed E-state index contributed by atoms with van der Waals surface area (Å²) in [4.78, 5) is 21.9. The van der Waals surface area contributed by atoms with Gasteiger partial charge in [-0.2, -0.15) is 0 Å². The van der Waals surface area contributed by atoms with Crippen molar-refractivity contribution in [3.8, 4) is 0 Å². The van der Waals surface area contributed by atoms with Crippen molar-refractivity contribution in [1.82, 2.24) is 5.32 Å². The van der Waals surface area contributed by atoms with Gasteiger partial charge in [0, 0.05) is 13.2 Å². The highest BCUT2D eigenvalue weighted by Gasteiger charge is 2.42. The van der Waals surface area contributed by atoms with E-state index in [4.69, 9.17) is 14.6 Å². The molecule has 0 atom stereocenters. The summed E-state index contributed by atoms with van der Waals surface area (Å²) < 4.78 is 14.7. The summed E-state index contributed by atoms with van der Waals surface area (Å²) in [5.41, 5.74) is 0. The first-order valence-corrected chi connectivity index (χ1v) is 4.85. The summed E-state index contributed by atoms with van der Waals surface area (Å²) in [6.45, 7) is 3.16. The molecular weight excluding hydrogens is 218 g/mol. The van der Waals surface area contributed by atoms with Crippen LogP contribution in [0.3, 0.4) is 0 Å². The van der Waals surface area contributed by atoms with E-state index in [-0.39, 0.29) is 13.2 Å². The first kappa shape index (κ1) is 14.8. The number of carboxylic acid groups (broad SMARTS) is 1. The minimum atomic E-state index is -1.85. The quantitative estimate of drug-likeness (QED) is 0.435. The fourth-order valence-corrected chi connectivity index (χ4v) is 1.07. The topological polar surface area (TPSA) is 94.1 Å². The summed E-state index contributed by atoms with van der Waals surface area (Å²) in [7, 11) is 1.16. The maximum absolute atomic E-state index is 11.5. The standard InChI is InChI=1S/C9H17NO6/c1-4-15-9(16-5-2,8(13)14-3)10-6-7(11)12/h10H,4-6H2,1-3H3,(H,11,12). The normalized spacial score (nSPS) is 11.2. The lowest BCUT2D eigenvalue weighted by atomic mass is 10.4. The minimum Gasteiger partial charge on any atom is -0.480 e. The molecule has 0 saturated carbocycles. The Balaban J connectivity index is 4.76. The second-order valence-electron chi connectivity index (χ2n) is 2.72. The second-order valence-corrected chi connectivity index (χ2v) is 2.72. The molecule has 0 aliphatic rings. The molecule has 0 aliphatic heterocycles. The number of hydrogen-bond donors (Lipinski definition) is 2. The molecule has 0 aliphatic carbocycles. The van der Waals surface area contributed by atoms with E-state index in [1.807, 2.05) is 0 Å². The van der Waals surface area contributed by atoms with Gasteiger partial charge in [-0.3, -0.25) is 4.79 Å². The Morgan fingerprint density at radius 3 is 2.06 bits per heavy atom. The average Bonchev–Trinajstić information content (AvgIpc) is 2.25. The Bertz CT molecular complexity index is 236. The molecule has 0 aromatic heterocycles. The van der Waals surface area contributed by atoms with Crippen LogP contribution in [0.25, 0.3) is 0 Å². The second kappa shape index (κ2) is 7.15. The van der Waals surface area contributed by atoms with Crippen molar-refractivity contribution in [3.05, 3.63) is 0 Å². The van der Waals surface area contributed by atoms with Crippen LogP contribution in [0.5, 0.6) is 0 Å². The van der Waals surface area contributed by atoms with Gasteiger partial charge in [-0.05, 0) is 13.8 Å². The first-order valence-electron chi connectivity index (χ1n) is 4.85. The van der Waals surface area contributed by atoms with Crippen LogP contribution < -0.4 is 5.32 Å². The molecule has 0 amide bonds. The van der Waals surface area contributed by atoms with Gasteiger partial charge < -0.3 is 19.3 Å². The van der Waals surface area contributed by atoms with Crippen LogP contribution in [0.15, 0.2) is 0 Å². The fraction of sp³-hybridized carbons (Fsp3) is 0.778. The van der Waals surface area contributed by atoms with E-state index in [1.165, 1.54) is 0 Å². The monoisotopic (exact) mass is 235 g/mol. The van der Waals surface area contributed by atoms with Crippen molar-refractivity contribution in [2.24, 2.45) is 0 Å². The van der Waals surface area contributed by atoms with Crippen LogP contribution in [0.2, 0.25) is 0 Å². The van der Waals surface area contributed by atoms with Gasteiger partial charge in [-0.15, -0.1) is 0 Å². The zero-order valence-electron chi connectivity index (χ0n) is 9.61. The Labute approximate surface area is 93.7 Å². The number of ether oxygens (including phenoxy) is 3. The van der Waals surface area contributed by atoms with E-state index in [9.17, 15) is 9.59 Å². The molecule has 0 saturated heterocycles. The lowest BCUT2D eigenvalue weighted by molar-refractivity contribution is -0.257. The molecule has 16 heavy (non-hydrogen) atoms. The molecule has 0 bridgehead atoms. The number of aliphatic carboxylic acids is 1. The van der Waals surface area contributed by atoms with Crippen LogP contribution in [-0.2, 0) is 23.8 Å². The van der Waals surface area contributed by atoms with Crippen LogP contribution in [0.4, 0.5) is 0 Å². The van der Waals surface area contributed by atoms with E-state index in [0.717, 1.165) is 7.11 Å². The van der Waals surface area contributed by atoms with Crippen molar-refractivity contribution >= 4 is 11.9 Å². The van der Waals surface area contributed by atoms with E-state index < -0.39 is 24.4 Å². The Morgan fingerprint density at radius 1 is 1.25 bits per heavy atom. The van der Waals surface area contributed by atoms with E-state index in [0.29, 0.717) is 0 Å². The largest absolute Gasteiger partial charge is 0.480 e. The molecule has 0 spiro atoms. The Hall–Kier alpha value is -1.18. The van der Waals surface area contributed by atoms with Gasteiger partial charge in [-0.25, -0.2) is 10.1 Å². The highest BCUT2D eigenvalue weighted by Crippen LogP contribution is 2.11. The van der Waals surface area contributed by atoms with Crippen molar-refractivity contribution in [2.75, 3.05) is 26.9 Å². The number of methoxy groups -OCH3 is 1. The maximum Gasteiger partial charge on any atom is 0.383 e. The highest BCUT2D eigenvalue weighted by atomic mass is 16.7. The summed E-state index contributed by atoms with van der Waals surface area (Å²) in [5, 5.41) is 10.9. The molecule has 7 heteroatoms. The molecule has 0 fully saturated rings. The van der Waals surface area contributed by atoms with Gasteiger partial charge in [0.25, 0.3) is 0 Å². The van der Waals surface area contributed by atoms with Crippen LogP contribution >= 0.6 is 0 Å². The number of esters is 1. The Morgan fingerprint density at radius 2 is 1.75 bits per heavy atom. The lowest BCUT2D eigenvalue weighted by Gasteiger charge is -2.30. The zero-order valence-corrected chi connectivity index (χ0v) is 9.61. The molecule has 0 radical (unpaired) electrons. The zero-order chi connectivity index (χ0) is 12.6. The van der Waals surface area contributed by atoms with Crippen LogP contribution in [0.1, 0.15) is 13.8 Å². The third kappa shape index (κ3) is 4.13. The SMILES string of the molecule is CCOC(NCC(=O)O)(OCC)C(=O)OC. The predicted molar refractivity (Wildman–Crippen MR) is 53.6 cm³/mol. The van der Waals surface area contributed by atoms with Crippen molar-refractivity contribution in [3.63, 3.8) is 0 Å². The summed E-state index contributed by atoms with van der Waals surface area (Å²) >= 11 is 0. The van der Waals surface area contributed by atoms with Crippen LogP contribution in [-0.4, -0.2) is 49.8 Å². The van der Waals surface area contributed by atoms with Gasteiger partial charge >= 0.3 is 17.8 Å². The molecule has 0 unspecified atom stereocenters. The number of rotatable bonds is 8. The summed E-state index contributed by atoms with van der Waals surface area (Å²) in [5.74, 6) is -3.80. The minimum absolute atomic E-state index is 0.168. The van der Waals surface area contributed by atoms with E-state index in [1.54, 1.807) is 13.8 Å². The third-order valence-electron chi connectivity index (χ3n) is 1.62. The van der Waals surface area contributed by atoms with Gasteiger partial charge in [0.05, 0.1) is 13.7 Å². The summed E-state index contributed by atoms with van der Waals surface area (Å²) in [6, 6.07) is 0. The smallest absolute Gasteiger partial charge is 0.383 e. The van der Waals surface area contributed by atoms with E-state index in [2.05, 4.69) is 10.1 Å². The maximum atomic E-state index is 11.5. The number of carboxylic acids is 1. The number of hydrogen-bond acceptors (Lipinski definition) is 6. The third-order valence-corrected chi connectivity index (χ3v) is 1.62. The van der Waals surface area contributed by atoms with Gasteiger partial charge in [0.2, 0.25) is 0 Å². The van der Waals surface area contributed by atoms with Gasteiger partial charge in [0.15, 0.2) is 0 Å². The lowest BCUT2D eigenvalue weighted by Crippen LogP contribution is -2.58. The molecule has 94 valence electrons. The Kier molecular flexibility index (Phi) is 6.63. The van der Waals surface area contributed by atoms with Gasteiger partial charge in [0.1, 0.15) is 0 Å². The molecular formula is C9H17NO6. The molecule has 0 aromatic rings. The molecule has 2 N–H and O–H groups in total. The van der Waals surface area contributed by atoms with Crippen molar-refractivity contribution < 1.29 is 28.9 Å². The first-order chi connectivity index (χ1) is 7.52. The molecule has 7 nitrogen and oxygen atoms in total. The van der Waals surface area contributed by atoms with E-state index >= 15 is 0 Å². The van der Waals surface area contributed by atoms with Gasteiger partial charge in [-0.1, -0.05) is 0 Å². The fourth-order valence-electron chi connectivity index (χ4n) is 1.07. The molecule has 0 aromatic carbocycles. The van der Waals surface area contributed by atoms with Crippen molar-refractivity contribution in [2.45, 2.75) is 19.8 Å². The molecule has 0 rings (SSSR count). The number of carbonyl (C=O) groups is 2. The molecule has 0 heterocycles. The number of carbonyl (C=O) groups excluding carboxylic acids is 1. The highest BCUT2D eigenvalue weighted by molar-refractivity contribution is 5.78. The average molecular weight is 235 g/mol. The summed E-state index contributed by atoms with van der Waals surface area (Å²) in [6.07, 6.45) is 0. The number of nitrogens with one attached hydrogen (secondary N) is 1. The van der Waals surface area contributed by atoms with Crippen LogP contribution in [0, 0.1) is 0 Å². The van der Waals surface area contributed by atoms with Crippen molar-refractivity contribution in [1.29, 1.82) is 0 Å².